The quantitative estimate of drug-likeness (QED) is 0.304. The van der Waals surface area contributed by atoms with E-state index in [9.17, 15) is 0 Å². The molecule has 1 saturated heterocycles. The molecule has 0 bridgehead atoms. The van der Waals surface area contributed by atoms with Crippen molar-refractivity contribution in [1.82, 2.24) is 10.6 Å². The Kier molecular flexibility index (Phi) is 10.7. The Hall–Kier alpha value is -2.20. The van der Waals surface area contributed by atoms with Crippen LogP contribution >= 0.6 is 24.0 Å². The molecule has 0 radical (unpaired) electrons. The van der Waals surface area contributed by atoms with Crippen molar-refractivity contribution >= 4 is 35.6 Å². The lowest BCUT2D eigenvalue weighted by atomic mass is 10.1. The lowest BCUT2D eigenvalue weighted by Crippen LogP contribution is -2.39. The molecule has 31 heavy (non-hydrogen) atoms. The van der Waals surface area contributed by atoms with E-state index in [1.54, 1.807) is 14.2 Å². The molecule has 0 unspecified atom stereocenters. The van der Waals surface area contributed by atoms with Crippen LogP contribution in [0.2, 0.25) is 0 Å². The Morgan fingerprint density at radius 3 is 2.52 bits per heavy atom. The minimum Gasteiger partial charge on any atom is -0.497 e. The predicted molar refractivity (Wildman–Crippen MR) is 136 cm³/mol. The van der Waals surface area contributed by atoms with Crippen molar-refractivity contribution in [2.75, 3.05) is 52.0 Å². The van der Waals surface area contributed by atoms with Gasteiger partial charge in [-0.15, -0.1) is 24.0 Å². The molecule has 0 amide bonds. The molecule has 1 aliphatic heterocycles. The van der Waals surface area contributed by atoms with E-state index in [1.165, 1.54) is 11.3 Å². The number of halogens is 1. The number of hydrogen-bond donors (Lipinski definition) is 2. The molecule has 0 spiro atoms. The van der Waals surface area contributed by atoms with Crippen LogP contribution < -0.4 is 25.0 Å². The summed E-state index contributed by atoms with van der Waals surface area (Å²) >= 11 is 0. The Bertz CT molecular complexity index is 841. The van der Waals surface area contributed by atoms with E-state index in [0.29, 0.717) is 13.1 Å². The van der Waals surface area contributed by atoms with Gasteiger partial charge in [0, 0.05) is 43.5 Å². The molecule has 0 aliphatic carbocycles. The first-order valence-corrected chi connectivity index (χ1v) is 10.4. The second-order valence-electron chi connectivity index (χ2n) is 6.95. The number of anilines is 1. The van der Waals surface area contributed by atoms with Gasteiger partial charge in [0.1, 0.15) is 11.5 Å². The van der Waals surface area contributed by atoms with Gasteiger partial charge in [0.05, 0.1) is 34.0 Å². The van der Waals surface area contributed by atoms with Crippen molar-refractivity contribution in [2.45, 2.75) is 20.0 Å². The minimum atomic E-state index is 0. The van der Waals surface area contributed by atoms with Gasteiger partial charge < -0.3 is 29.7 Å². The highest BCUT2D eigenvalue weighted by Gasteiger charge is 2.14. The summed E-state index contributed by atoms with van der Waals surface area (Å²) in [5, 5.41) is 6.78. The lowest BCUT2D eigenvalue weighted by molar-refractivity contribution is 0.122. The molecule has 0 atom stereocenters. The standard InChI is InChI=1S/C23H32N4O3.HI/c1-4-24-23(26-17-19-9-10-20(28-2)15-22(19)29-3)25-16-18-7-5-6-8-21(18)27-11-13-30-14-12-27;/h5-10,15H,4,11-14,16-17H2,1-3H3,(H2,24,25,26);1H. The number of para-hydroxylation sites is 1. The number of rotatable bonds is 8. The highest BCUT2D eigenvalue weighted by atomic mass is 127. The van der Waals surface area contributed by atoms with Crippen molar-refractivity contribution in [3.63, 3.8) is 0 Å². The van der Waals surface area contributed by atoms with Crippen LogP contribution in [-0.2, 0) is 17.8 Å². The summed E-state index contributed by atoms with van der Waals surface area (Å²) < 4.78 is 16.3. The molecule has 1 aliphatic rings. The van der Waals surface area contributed by atoms with Crippen molar-refractivity contribution in [1.29, 1.82) is 0 Å². The number of ether oxygens (including phenoxy) is 3. The third-order valence-corrected chi connectivity index (χ3v) is 5.04. The molecule has 3 rings (SSSR count). The fraction of sp³-hybridized carbons (Fsp3) is 0.435. The van der Waals surface area contributed by atoms with Gasteiger partial charge in [0.15, 0.2) is 5.96 Å². The maximum absolute atomic E-state index is 5.49. The molecular formula is C23H33IN4O3. The van der Waals surface area contributed by atoms with Crippen LogP contribution in [0.5, 0.6) is 11.5 Å². The van der Waals surface area contributed by atoms with E-state index in [-0.39, 0.29) is 24.0 Å². The number of nitrogens with zero attached hydrogens (tertiary/aromatic N) is 2. The van der Waals surface area contributed by atoms with Gasteiger partial charge in [-0.3, -0.25) is 0 Å². The van der Waals surface area contributed by atoms with Gasteiger partial charge in [-0.25, -0.2) is 4.99 Å². The molecule has 1 fully saturated rings. The maximum atomic E-state index is 5.49. The fourth-order valence-corrected chi connectivity index (χ4v) is 3.44. The average molecular weight is 540 g/mol. The van der Waals surface area contributed by atoms with Gasteiger partial charge in [0.25, 0.3) is 0 Å². The fourth-order valence-electron chi connectivity index (χ4n) is 3.44. The van der Waals surface area contributed by atoms with E-state index >= 15 is 0 Å². The van der Waals surface area contributed by atoms with Crippen LogP contribution in [0.4, 0.5) is 5.69 Å². The van der Waals surface area contributed by atoms with Crippen molar-refractivity contribution < 1.29 is 14.2 Å². The van der Waals surface area contributed by atoms with Crippen molar-refractivity contribution in [3.05, 3.63) is 53.6 Å². The van der Waals surface area contributed by atoms with Gasteiger partial charge >= 0.3 is 0 Å². The van der Waals surface area contributed by atoms with E-state index < -0.39 is 0 Å². The average Bonchev–Trinajstić information content (AvgIpc) is 2.81. The monoisotopic (exact) mass is 540 g/mol. The summed E-state index contributed by atoms with van der Waals surface area (Å²) in [7, 11) is 3.31. The third kappa shape index (κ3) is 7.17. The molecule has 7 nitrogen and oxygen atoms in total. The van der Waals surface area contributed by atoms with Crippen LogP contribution in [0.25, 0.3) is 0 Å². The number of methoxy groups -OCH3 is 2. The number of nitrogens with one attached hydrogen (secondary N) is 2. The SMILES string of the molecule is CCNC(=NCc1ccc(OC)cc1OC)NCc1ccccc1N1CCOCC1.I. The Morgan fingerprint density at radius 1 is 1.03 bits per heavy atom. The Morgan fingerprint density at radius 2 is 1.81 bits per heavy atom. The van der Waals surface area contributed by atoms with Gasteiger partial charge in [-0.05, 0) is 30.7 Å². The maximum Gasteiger partial charge on any atom is 0.191 e. The molecule has 2 aromatic carbocycles. The first kappa shape index (κ1) is 25.1. The number of morpholine rings is 1. The molecule has 0 saturated carbocycles. The van der Waals surface area contributed by atoms with Gasteiger partial charge in [0.2, 0.25) is 0 Å². The highest BCUT2D eigenvalue weighted by molar-refractivity contribution is 14.0. The summed E-state index contributed by atoms with van der Waals surface area (Å²) in [6.07, 6.45) is 0. The minimum absolute atomic E-state index is 0. The number of guanidine groups is 1. The predicted octanol–water partition coefficient (Wildman–Crippen LogP) is 3.41. The van der Waals surface area contributed by atoms with E-state index in [2.05, 4.69) is 46.7 Å². The van der Waals surface area contributed by atoms with E-state index in [0.717, 1.165) is 55.9 Å². The topological polar surface area (TPSA) is 67.4 Å². The second-order valence-corrected chi connectivity index (χ2v) is 6.95. The third-order valence-electron chi connectivity index (χ3n) is 5.04. The van der Waals surface area contributed by atoms with Crippen molar-refractivity contribution in [2.24, 2.45) is 4.99 Å². The van der Waals surface area contributed by atoms with Crippen LogP contribution in [-0.4, -0.2) is 53.0 Å². The number of aliphatic imine (C=N–C) groups is 1. The van der Waals surface area contributed by atoms with Crippen molar-refractivity contribution in [3.8, 4) is 11.5 Å². The van der Waals surface area contributed by atoms with Crippen LogP contribution in [0.15, 0.2) is 47.5 Å². The molecule has 0 aromatic heterocycles. The van der Waals surface area contributed by atoms with Gasteiger partial charge in [-0.2, -0.15) is 0 Å². The van der Waals surface area contributed by atoms with Crippen LogP contribution in [0.3, 0.4) is 0 Å². The number of benzene rings is 2. The van der Waals surface area contributed by atoms with Crippen LogP contribution in [0, 0.1) is 0 Å². The Labute approximate surface area is 202 Å². The van der Waals surface area contributed by atoms with E-state index in [4.69, 9.17) is 19.2 Å². The summed E-state index contributed by atoms with van der Waals surface area (Å²) in [6, 6.07) is 14.3. The second kappa shape index (κ2) is 13.3. The largest absolute Gasteiger partial charge is 0.497 e. The van der Waals surface area contributed by atoms with Crippen LogP contribution in [0.1, 0.15) is 18.1 Å². The first-order valence-electron chi connectivity index (χ1n) is 10.4. The molecule has 170 valence electrons. The normalized spacial score (nSPS) is 13.9. The summed E-state index contributed by atoms with van der Waals surface area (Å²) in [6.45, 7) is 7.44. The lowest BCUT2D eigenvalue weighted by Gasteiger charge is -2.30. The summed E-state index contributed by atoms with van der Waals surface area (Å²) in [5.41, 5.74) is 3.50. The molecule has 2 aromatic rings. The van der Waals surface area contributed by atoms with E-state index in [1.807, 2.05) is 18.2 Å². The zero-order valence-electron chi connectivity index (χ0n) is 18.5. The molecule has 1 heterocycles. The van der Waals surface area contributed by atoms with Gasteiger partial charge in [-0.1, -0.05) is 18.2 Å². The number of hydrogen-bond acceptors (Lipinski definition) is 5. The Balaban J connectivity index is 0.00000341. The first-order chi connectivity index (χ1) is 14.7. The summed E-state index contributed by atoms with van der Waals surface area (Å²) in [4.78, 5) is 7.13. The highest BCUT2D eigenvalue weighted by Crippen LogP contribution is 2.25. The molecular weight excluding hydrogens is 507 g/mol. The molecule has 2 N–H and O–H groups in total. The zero-order chi connectivity index (χ0) is 21.2. The zero-order valence-corrected chi connectivity index (χ0v) is 20.8. The summed E-state index contributed by atoms with van der Waals surface area (Å²) in [5.74, 6) is 2.31. The smallest absolute Gasteiger partial charge is 0.191 e. The molecule has 8 heteroatoms.